The number of anilines is 1. The third kappa shape index (κ3) is 3.68. The number of carbonyl (C=O) groups is 1. The number of fused-ring (bicyclic) bond motifs is 1. The van der Waals surface area contributed by atoms with Gasteiger partial charge in [-0.05, 0) is 12.1 Å². The summed E-state index contributed by atoms with van der Waals surface area (Å²) in [6.07, 6.45) is 0. The van der Waals surface area contributed by atoms with Crippen LogP contribution in [0.4, 0.5) is 5.69 Å². The van der Waals surface area contributed by atoms with Gasteiger partial charge >= 0.3 is 0 Å². The van der Waals surface area contributed by atoms with Gasteiger partial charge in [-0.15, -0.1) is 0 Å². The zero-order valence-electron chi connectivity index (χ0n) is 12.5. The van der Waals surface area contributed by atoms with Crippen LogP contribution < -0.4 is 14.8 Å². The first-order valence-electron chi connectivity index (χ1n) is 7.49. The van der Waals surface area contributed by atoms with E-state index in [1.165, 1.54) is 0 Å². The first kappa shape index (κ1) is 15.1. The number of β-amino-alcohol motifs (C(OH)–C–C–N with tert-alkyl or cyclic N) is 1. The zero-order chi connectivity index (χ0) is 15.4. The van der Waals surface area contributed by atoms with Crippen LogP contribution >= 0.6 is 0 Å². The van der Waals surface area contributed by atoms with Gasteiger partial charge in [-0.1, -0.05) is 0 Å². The number of benzene rings is 1. The van der Waals surface area contributed by atoms with Crippen molar-refractivity contribution in [1.82, 2.24) is 9.80 Å². The van der Waals surface area contributed by atoms with E-state index >= 15 is 0 Å². The Morgan fingerprint density at radius 2 is 1.86 bits per heavy atom. The minimum Gasteiger partial charge on any atom is -0.454 e. The van der Waals surface area contributed by atoms with E-state index in [1.807, 2.05) is 6.07 Å². The van der Waals surface area contributed by atoms with Crippen LogP contribution in [0.3, 0.4) is 0 Å². The van der Waals surface area contributed by atoms with E-state index in [-0.39, 0.29) is 19.3 Å². The van der Waals surface area contributed by atoms with Crippen molar-refractivity contribution in [3.8, 4) is 11.5 Å². The van der Waals surface area contributed by atoms with Gasteiger partial charge in [-0.2, -0.15) is 0 Å². The van der Waals surface area contributed by atoms with E-state index in [0.717, 1.165) is 26.2 Å². The number of piperazine rings is 1. The molecule has 2 aliphatic rings. The molecule has 7 heteroatoms. The Kier molecular flexibility index (Phi) is 4.77. The average Bonchev–Trinajstić information content (AvgIpc) is 2.97. The Labute approximate surface area is 129 Å². The van der Waals surface area contributed by atoms with Gasteiger partial charge in [0, 0.05) is 44.5 Å². The Morgan fingerprint density at radius 1 is 1.14 bits per heavy atom. The number of hydrogen-bond donors (Lipinski definition) is 2. The molecule has 2 heterocycles. The molecule has 0 spiro atoms. The van der Waals surface area contributed by atoms with Crippen molar-refractivity contribution in [3.63, 3.8) is 0 Å². The van der Waals surface area contributed by atoms with Gasteiger partial charge in [0.2, 0.25) is 12.7 Å². The summed E-state index contributed by atoms with van der Waals surface area (Å²) in [7, 11) is 0. The molecule has 2 aliphatic heterocycles. The summed E-state index contributed by atoms with van der Waals surface area (Å²) in [6.45, 7) is 4.95. The van der Waals surface area contributed by atoms with Crippen molar-refractivity contribution in [2.75, 3.05) is 58.0 Å². The largest absolute Gasteiger partial charge is 0.454 e. The quantitative estimate of drug-likeness (QED) is 0.795. The highest BCUT2D eigenvalue weighted by atomic mass is 16.7. The minimum absolute atomic E-state index is 0.0329. The molecule has 0 atom stereocenters. The van der Waals surface area contributed by atoms with Gasteiger partial charge in [0.05, 0.1) is 13.2 Å². The molecule has 120 valence electrons. The van der Waals surface area contributed by atoms with Crippen LogP contribution in [0, 0.1) is 0 Å². The van der Waals surface area contributed by atoms with Gasteiger partial charge in [0.25, 0.3) is 0 Å². The first-order chi connectivity index (χ1) is 10.7. The van der Waals surface area contributed by atoms with Crippen LogP contribution in [0.2, 0.25) is 0 Å². The van der Waals surface area contributed by atoms with Crippen LogP contribution in [0.15, 0.2) is 18.2 Å². The molecule has 3 rings (SSSR count). The average molecular weight is 307 g/mol. The summed E-state index contributed by atoms with van der Waals surface area (Å²) in [5.41, 5.74) is 0.716. The third-order valence-corrected chi connectivity index (χ3v) is 3.90. The Morgan fingerprint density at radius 3 is 2.64 bits per heavy atom. The molecule has 0 unspecified atom stereocenters. The molecule has 1 saturated heterocycles. The summed E-state index contributed by atoms with van der Waals surface area (Å²) in [6, 6.07) is 5.38. The van der Waals surface area contributed by atoms with Crippen molar-refractivity contribution in [3.05, 3.63) is 18.2 Å². The van der Waals surface area contributed by atoms with Crippen LogP contribution in [0.25, 0.3) is 0 Å². The Bertz CT molecular complexity index is 530. The van der Waals surface area contributed by atoms with Crippen molar-refractivity contribution in [1.29, 1.82) is 0 Å². The molecule has 0 aromatic heterocycles. The molecule has 1 amide bonds. The molecule has 1 aromatic rings. The highest BCUT2D eigenvalue weighted by Gasteiger charge is 2.19. The molecule has 0 radical (unpaired) electrons. The van der Waals surface area contributed by atoms with Gasteiger partial charge < -0.3 is 19.9 Å². The number of hydrogen-bond acceptors (Lipinski definition) is 6. The molecule has 7 nitrogen and oxygen atoms in total. The summed E-state index contributed by atoms with van der Waals surface area (Å²) >= 11 is 0. The number of amides is 1. The Balaban J connectivity index is 1.47. The summed E-state index contributed by atoms with van der Waals surface area (Å²) in [4.78, 5) is 16.4. The number of nitrogens with one attached hydrogen (secondary N) is 1. The summed E-state index contributed by atoms with van der Waals surface area (Å²) in [5, 5.41) is 11.8. The fourth-order valence-corrected chi connectivity index (χ4v) is 2.69. The second-order valence-electron chi connectivity index (χ2n) is 5.46. The number of nitrogens with zero attached hydrogens (tertiary/aromatic N) is 2. The maximum Gasteiger partial charge on any atom is 0.238 e. The van der Waals surface area contributed by atoms with E-state index in [1.54, 1.807) is 12.1 Å². The monoisotopic (exact) mass is 307 g/mol. The van der Waals surface area contributed by atoms with Crippen LogP contribution in [0.1, 0.15) is 0 Å². The van der Waals surface area contributed by atoms with Crippen molar-refractivity contribution < 1.29 is 19.4 Å². The first-order valence-corrected chi connectivity index (χ1v) is 7.49. The summed E-state index contributed by atoms with van der Waals surface area (Å²) in [5.74, 6) is 1.34. The lowest BCUT2D eigenvalue weighted by atomic mass is 10.2. The molecule has 0 bridgehead atoms. The fraction of sp³-hybridized carbons (Fsp3) is 0.533. The van der Waals surface area contributed by atoms with Gasteiger partial charge in [-0.3, -0.25) is 14.6 Å². The molecule has 1 fully saturated rings. The van der Waals surface area contributed by atoms with E-state index < -0.39 is 0 Å². The topological polar surface area (TPSA) is 74.3 Å². The standard InChI is InChI=1S/C15H21N3O4/c19-8-7-17-3-5-18(6-4-17)10-15(20)16-12-1-2-13-14(9-12)22-11-21-13/h1-2,9,19H,3-8,10-11H2,(H,16,20). The molecule has 0 saturated carbocycles. The maximum absolute atomic E-state index is 12.1. The van der Waals surface area contributed by atoms with Crippen molar-refractivity contribution in [2.24, 2.45) is 0 Å². The van der Waals surface area contributed by atoms with Crippen LogP contribution in [-0.4, -0.2) is 73.5 Å². The smallest absolute Gasteiger partial charge is 0.238 e. The number of carbonyl (C=O) groups excluding carboxylic acids is 1. The number of ether oxygens (including phenoxy) is 2. The highest BCUT2D eigenvalue weighted by Crippen LogP contribution is 2.34. The molecule has 2 N–H and O–H groups in total. The molecular formula is C15H21N3O4. The van der Waals surface area contributed by atoms with E-state index in [2.05, 4.69) is 15.1 Å². The number of rotatable bonds is 5. The van der Waals surface area contributed by atoms with Gasteiger partial charge in [0.1, 0.15) is 0 Å². The zero-order valence-corrected chi connectivity index (χ0v) is 12.5. The van der Waals surface area contributed by atoms with Crippen molar-refractivity contribution in [2.45, 2.75) is 0 Å². The number of aliphatic hydroxyl groups excluding tert-OH is 1. The SMILES string of the molecule is O=C(CN1CCN(CCO)CC1)Nc1ccc2c(c1)OCO2. The predicted octanol–water partition coefficient (Wildman–Crippen LogP) is -0.0363. The second-order valence-corrected chi connectivity index (χ2v) is 5.46. The second kappa shape index (κ2) is 6.95. The van der Waals surface area contributed by atoms with Gasteiger partial charge in [0.15, 0.2) is 11.5 Å². The van der Waals surface area contributed by atoms with Crippen molar-refractivity contribution >= 4 is 11.6 Å². The molecule has 22 heavy (non-hydrogen) atoms. The molecular weight excluding hydrogens is 286 g/mol. The third-order valence-electron chi connectivity index (χ3n) is 3.90. The number of aliphatic hydroxyl groups is 1. The summed E-state index contributed by atoms with van der Waals surface area (Å²) < 4.78 is 10.5. The lowest BCUT2D eigenvalue weighted by molar-refractivity contribution is -0.117. The maximum atomic E-state index is 12.1. The van der Waals surface area contributed by atoms with E-state index in [4.69, 9.17) is 14.6 Å². The normalized spacial score (nSPS) is 18.4. The molecule has 1 aromatic carbocycles. The highest BCUT2D eigenvalue weighted by molar-refractivity contribution is 5.92. The van der Waals surface area contributed by atoms with E-state index in [0.29, 0.717) is 30.3 Å². The van der Waals surface area contributed by atoms with Gasteiger partial charge in [-0.25, -0.2) is 0 Å². The Hall–Kier alpha value is -1.83. The van der Waals surface area contributed by atoms with E-state index in [9.17, 15) is 4.79 Å². The minimum atomic E-state index is -0.0329. The van der Waals surface area contributed by atoms with Crippen LogP contribution in [-0.2, 0) is 4.79 Å². The predicted molar refractivity (Wildman–Crippen MR) is 81.2 cm³/mol. The lowest BCUT2D eigenvalue weighted by Gasteiger charge is -2.33. The fourth-order valence-electron chi connectivity index (χ4n) is 2.69. The molecule has 0 aliphatic carbocycles. The van der Waals surface area contributed by atoms with Crippen LogP contribution in [0.5, 0.6) is 11.5 Å². The lowest BCUT2D eigenvalue weighted by Crippen LogP contribution is -2.49.